The first kappa shape index (κ1) is 15.0. The number of nitrogens with zero attached hydrogens (tertiary/aromatic N) is 1. The van der Waals surface area contributed by atoms with Crippen LogP contribution in [0.5, 0.6) is 5.75 Å². The van der Waals surface area contributed by atoms with Crippen molar-refractivity contribution in [1.82, 2.24) is 5.06 Å². The highest BCUT2D eigenvalue weighted by Crippen LogP contribution is 2.14. The van der Waals surface area contributed by atoms with Gasteiger partial charge in [0.15, 0.2) is 0 Å². The molecule has 0 fully saturated rings. The Morgan fingerprint density at radius 3 is 2.37 bits per heavy atom. The van der Waals surface area contributed by atoms with Crippen molar-refractivity contribution in [2.75, 3.05) is 14.2 Å². The molecular formula is C13H17NO5. The third kappa shape index (κ3) is 4.59. The van der Waals surface area contributed by atoms with Gasteiger partial charge in [0.2, 0.25) is 0 Å². The molecule has 0 aliphatic rings. The maximum atomic E-state index is 11.7. The fourth-order valence-corrected chi connectivity index (χ4v) is 1.62. The predicted octanol–water partition coefficient (Wildman–Crippen LogP) is 0.886. The zero-order valence-corrected chi connectivity index (χ0v) is 11.1. The molecular weight excluding hydrogens is 250 g/mol. The molecule has 104 valence electrons. The molecule has 0 aliphatic carbocycles. The van der Waals surface area contributed by atoms with Gasteiger partial charge in [-0.1, -0.05) is 12.1 Å². The van der Waals surface area contributed by atoms with Crippen molar-refractivity contribution in [3.05, 3.63) is 29.8 Å². The summed E-state index contributed by atoms with van der Waals surface area (Å²) in [5, 5.41) is 10.4. The molecule has 0 saturated heterocycles. The number of phenolic OH excluding ortho intramolecular Hbond substituents is 1. The summed E-state index contributed by atoms with van der Waals surface area (Å²) in [7, 11) is 2.76. The molecule has 1 atom stereocenters. The highest BCUT2D eigenvalue weighted by Gasteiger charge is 2.26. The summed E-state index contributed by atoms with van der Waals surface area (Å²) in [4.78, 5) is 27.5. The maximum absolute atomic E-state index is 11.7. The van der Waals surface area contributed by atoms with Crippen molar-refractivity contribution < 1.29 is 24.3 Å². The molecule has 0 radical (unpaired) electrons. The number of benzene rings is 1. The van der Waals surface area contributed by atoms with Crippen LogP contribution in [0.1, 0.15) is 12.5 Å². The van der Waals surface area contributed by atoms with Crippen molar-refractivity contribution in [3.8, 4) is 5.75 Å². The quantitative estimate of drug-likeness (QED) is 0.630. The molecule has 0 saturated carbocycles. The molecule has 1 aromatic rings. The minimum atomic E-state index is -0.738. The van der Waals surface area contributed by atoms with E-state index >= 15 is 0 Å². The van der Waals surface area contributed by atoms with E-state index in [1.807, 2.05) is 0 Å². The Morgan fingerprint density at radius 2 is 1.89 bits per heavy atom. The number of aromatic hydroxyl groups is 1. The molecule has 0 amide bonds. The van der Waals surface area contributed by atoms with Crippen LogP contribution in [0.4, 0.5) is 0 Å². The third-order valence-corrected chi connectivity index (χ3v) is 2.55. The molecule has 0 aliphatic heterocycles. The van der Waals surface area contributed by atoms with Crippen molar-refractivity contribution in [2.45, 2.75) is 19.4 Å². The van der Waals surface area contributed by atoms with E-state index in [1.165, 1.54) is 38.3 Å². The van der Waals surface area contributed by atoms with E-state index in [0.29, 0.717) is 6.42 Å². The second kappa shape index (κ2) is 6.75. The Kier molecular flexibility index (Phi) is 5.32. The zero-order chi connectivity index (χ0) is 14.4. The van der Waals surface area contributed by atoms with E-state index in [-0.39, 0.29) is 5.75 Å². The summed E-state index contributed by atoms with van der Waals surface area (Å²) in [5.74, 6) is -0.870. The van der Waals surface area contributed by atoms with Crippen LogP contribution >= 0.6 is 0 Å². The normalized spacial score (nSPS) is 12.0. The molecule has 1 rings (SSSR count). The first-order chi connectivity index (χ1) is 8.93. The van der Waals surface area contributed by atoms with Gasteiger partial charge >= 0.3 is 11.9 Å². The SMILES string of the molecule is COC(=O)[C@H](Cc1ccc(O)cc1)N(C)OC(C)=O. The Labute approximate surface area is 111 Å². The molecule has 19 heavy (non-hydrogen) atoms. The molecule has 0 spiro atoms. The smallest absolute Gasteiger partial charge is 0.326 e. The van der Waals surface area contributed by atoms with Gasteiger partial charge in [-0.3, -0.25) is 9.59 Å². The number of rotatable bonds is 5. The number of esters is 1. The molecule has 6 heteroatoms. The van der Waals surface area contributed by atoms with Crippen LogP contribution in [-0.4, -0.2) is 42.3 Å². The number of hydrogen-bond donors (Lipinski definition) is 1. The minimum absolute atomic E-state index is 0.145. The third-order valence-electron chi connectivity index (χ3n) is 2.55. The summed E-state index contributed by atoms with van der Waals surface area (Å²) in [5.41, 5.74) is 0.812. The van der Waals surface area contributed by atoms with Gasteiger partial charge in [0.25, 0.3) is 0 Å². The molecule has 0 aromatic heterocycles. The van der Waals surface area contributed by atoms with E-state index in [1.54, 1.807) is 12.1 Å². The van der Waals surface area contributed by atoms with E-state index in [9.17, 15) is 14.7 Å². The molecule has 0 unspecified atom stereocenters. The molecule has 6 nitrogen and oxygen atoms in total. The van der Waals surface area contributed by atoms with Gasteiger partial charge in [-0.05, 0) is 17.7 Å². The van der Waals surface area contributed by atoms with Crippen molar-refractivity contribution >= 4 is 11.9 Å². The van der Waals surface area contributed by atoms with Gasteiger partial charge in [0, 0.05) is 20.4 Å². The lowest BCUT2D eigenvalue weighted by atomic mass is 10.1. The van der Waals surface area contributed by atoms with Gasteiger partial charge in [-0.2, -0.15) is 0 Å². The Balaban J connectivity index is 2.82. The number of carbonyl (C=O) groups excluding carboxylic acids is 2. The van der Waals surface area contributed by atoms with Crippen LogP contribution in [0.15, 0.2) is 24.3 Å². The fourth-order valence-electron chi connectivity index (χ4n) is 1.62. The van der Waals surface area contributed by atoms with Gasteiger partial charge in [0.05, 0.1) is 7.11 Å². The van der Waals surface area contributed by atoms with Crippen LogP contribution in [0, 0.1) is 0 Å². The first-order valence-electron chi connectivity index (χ1n) is 5.71. The number of methoxy groups -OCH3 is 1. The highest BCUT2D eigenvalue weighted by molar-refractivity contribution is 5.76. The van der Waals surface area contributed by atoms with Crippen molar-refractivity contribution in [2.24, 2.45) is 0 Å². The molecule has 1 N–H and O–H groups in total. The Hall–Kier alpha value is -2.08. The second-order valence-corrected chi connectivity index (χ2v) is 4.04. The lowest BCUT2D eigenvalue weighted by Crippen LogP contribution is -2.41. The van der Waals surface area contributed by atoms with Crippen LogP contribution < -0.4 is 0 Å². The second-order valence-electron chi connectivity index (χ2n) is 4.04. The van der Waals surface area contributed by atoms with E-state index in [2.05, 4.69) is 4.74 Å². The number of hydrogen-bond acceptors (Lipinski definition) is 6. The standard InChI is InChI=1S/C13H17NO5/c1-9(15)19-14(2)12(13(17)18-3)8-10-4-6-11(16)7-5-10/h4-7,12,16H,8H2,1-3H3/t12-/m0/s1. The molecule has 1 aromatic carbocycles. The molecule has 0 heterocycles. The van der Waals surface area contributed by atoms with Crippen LogP contribution in [0.2, 0.25) is 0 Å². The summed E-state index contributed by atoms with van der Waals surface area (Å²) in [6.07, 6.45) is 0.302. The average Bonchev–Trinajstić information content (AvgIpc) is 2.36. The number of likely N-dealkylation sites (N-methyl/N-ethyl adjacent to an activating group) is 1. The number of carbonyl (C=O) groups is 2. The number of hydroxylamine groups is 2. The van der Waals surface area contributed by atoms with Gasteiger partial charge < -0.3 is 14.7 Å². The average molecular weight is 267 g/mol. The summed E-state index contributed by atoms with van der Waals surface area (Å²) < 4.78 is 4.69. The van der Waals surface area contributed by atoms with Crippen LogP contribution in [0.25, 0.3) is 0 Å². The minimum Gasteiger partial charge on any atom is -0.508 e. The predicted molar refractivity (Wildman–Crippen MR) is 67.1 cm³/mol. The van der Waals surface area contributed by atoms with E-state index < -0.39 is 18.0 Å². The highest BCUT2D eigenvalue weighted by atomic mass is 16.7. The van der Waals surface area contributed by atoms with Gasteiger partial charge in [-0.25, -0.2) is 0 Å². The first-order valence-corrected chi connectivity index (χ1v) is 5.71. The maximum Gasteiger partial charge on any atom is 0.326 e. The van der Waals surface area contributed by atoms with Crippen LogP contribution in [-0.2, 0) is 25.6 Å². The number of ether oxygens (including phenoxy) is 1. The fraction of sp³-hybridized carbons (Fsp3) is 0.385. The topological polar surface area (TPSA) is 76.1 Å². The lowest BCUT2D eigenvalue weighted by molar-refractivity contribution is -0.197. The zero-order valence-electron chi connectivity index (χ0n) is 11.1. The van der Waals surface area contributed by atoms with Gasteiger partial charge in [0.1, 0.15) is 11.8 Å². The van der Waals surface area contributed by atoms with Gasteiger partial charge in [-0.15, -0.1) is 5.06 Å². The largest absolute Gasteiger partial charge is 0.508 e. The summed E-state index contributed by atoms with van der Waals surface area (Å²) in [6, 6.07) is 5.68. The Bertz CT molecular complexity index is 443. The Morgan fingerprint density at radius 1 is 1.32 bits per heavy atom. The van der Waals surface area contributed by atoms with Crippen molar-refractivity contribution in [3.63, 3.8) is 0 Å². The molecule has 0 bridgehead atoms. The van der Waals surface area contributed by atoms with Crippen molar-refractivity contribution in [1.29, 1.82) is 0 Å². The van der Waals surface area contributed by atoms with E-state index in [4.69, 9.17) is 4.84 Å². The monoisotopic (exact) mass is 267 g/mol. The summed E-state index contributed by atoms with van der Waals surface area (Å²) in [6.45, 7) is 1.26. The number of phenols is 1. The van der Waals surface area contributed by atoms with Crippen LogP contribution in [0.3, 0.4) is 0 Å². The summed E-state index contributed by atoms with van der Waals surface area (Å²) >= 11 is 0. The lowest BCUT2D eigenvalue weighted by Gasteiger charge is -2.24. The van der Waals surface area contributed by atoms with E-state index in [0.717, 1.165) is 5.56 Å².